The van der Waals surface area contributed by atoms with Crippen LogP contribution in [0.4, 0.5) is 0 Å². The lowest BCUT2D eigenvalue weighted by Crippen LogP contribution is -2.48. The molecule has 0 bridgehead atoms. The molecule has 0 aliphatic carbocycles. The summed E-state index contributed by atoms with van der Waals surface area (Å²) < 4.78 is 24.2. The van der Waals surface area contributed by atoms with E-state index in [0.717, 1.165) is 13.1 Å². The Morgan fingerprint density at radius 3 is 2.08 bits per heavy atom. The summed E-state index contributed by atoms with van der Waals surface area (Å²) in [6.07, 6.45) is 0. The van der Waals surface area contributed by atoms with Gasteiger partial charge in [0.2, 0.25) is 10.0 Å². The Bertz CT molecular complexity index is 256. The van der Waals surface area contributed by atoms with E-state index >= 15 is 0 Å². The monoisotopic (exact) mass is 224 g/mol. The Kier molecular flexibility index (Phi) is 3.62. The van der Waals surface area contributed by atoms with Crippen LogP contribution in [0.25, 0.3) is 0 Å². The Morgan fingerprint density at radius 2 is 1.69 bits per heavy atom. The van der Waals surface area contributed by atoms with Gasteiger partial charge in [-0.2, -0.15) is 16.9 Å². The van der Waals surface area contributed by atoms with E-state index in [9.17, 15) is 8.42 Å². The van der Waals surface area contributed by atoms with E-state index in [0.29, 0.717) is 13.1 Å². The number of piperazine rings is 1. The van der Waals surface area contributed by atoms with E-state index in [4.69, 9.17) is 0 Å². The van der Waals surface area contributed by atoms with Gasteiger partial charge in [-0.25, -0.2) is 8.42 Å². The first-order chi connectivity index (χ1) is 5.94. The Labute approximate surface area is 85.4 Å². The highest BCUT2D eigenvalue weighted by Gasteiger charge is 2.28. The maximum atomic E-state index is 11.6. The highest BCUT2D eigenvalue weighted by Crippen LogP contribution is 2.13. The van der Waals surface area contributed by atoms with Crippen LogP contribution >= 0.6 is 12.6 Å². The van der Waals surface area contributed by atoms with Crippen molar-refractivity contribution in [1.82, 2.24) is 9.21 Å². The van der Waals surface area contributed by atoms with Gasteiger partial charge in [-0.05, 0) is 14.0 Å². The molecular weight excluding hydrogens is 208 g/mol. The van der Waals surface area contributed by atoms with Gasteiger partial charge in [0.05, 0.1) is 0 Å². The summed E-state index contributed by atoms with van der Waals surface area (Å²) in [6, 6.07) is 0. The zero-order chi connectivity index (χ0) is 10.1. The highest BCUT2D eigenvalue weighted by molar-refractivity contribution is 8.03. The number of rotatable bonds is 2. The molecule has 1 fully saturated rings. The van der Waals surface area contributed by atoms with Crippen LogP contribution in [0.1, 0.15) is 6.92 Å². The SMILES string of the molecule is CC(S)S(=O)(=O)N1CCN(C)CC1. The number of hydrogen-bond acceptors (Lipinski definition) is 4. The van der Waals surface area contributed by atoms with Crippen molar-refractivity contribution in [3.05, 3.63) is 0 Å². The van der Waals surface area contributed by atoms with Crippen LogP contribution in [-0.4, -0.2) is 55.4 Å². The molecular formula is C7H16N2O2S2. The summed E-state index contributed by atoms with van der Waals surface area (Å²) in [6.45, 7) is 4.38. The molecule has 1 saturated heterocycles. The van der Waals surface area contributed by atoms with Gasteiger partial charge < -0.3 is 4.90 Å². The van der Waals surface area contributed by atoms with Crippen LogP contribution in [0.15, 0.2) is 0 Å². The minimum Gasteiger partial charge on any atom is -0.304 e. The lowest BCUT2D eigenvalue weighted by Gasteiger charge is -2.32. The second kappa shape index (κ2) is 4.16. The van der Waals surface area contributed by atoms with Gasteiger partial charge in [-0.1, -0.05) is 0 Å². The molecule has 4 nitrogen and oxygen atoms in total. The Balaban J connectivity index is 2.64. The van der Waals surface area contributed by atoms with Crippen molar-refractivity contribution in [1.29, 1.82) is 0 Å². The van der Waals surface area contributed by atoms with E-state index in [1.165, 1.54) is 4.31 Å². The van der Waals surface area contributed by atoms with Gasteiger partial charge in [0.25, 0.3) is 0 Å². The van der Waals surface area contributed by atoms with Crippen molar-refractivity contribution in [3.63, 3.8) is 0 Å². The number of likely N-dealkylation sites (N-methyl/N-ethyl adjacent to an activating group) is 1. The summed E-state index contributed by atoms with van der Waals surface area (Å²) in [5.41, 5.74) is 0. The predicted octanol–water partition coefficient (Wildman–Crippen LogP) is -0.161. The summed E-state index contributed by atoms with van der Waals surface area (Å²) in [4.78, 5) is 2.12. The molecule has 1 atom stereocenters. The van der Waals surface area contributed by atoms with Gasteiger partial charge in [0.1, 0.15) is 4.58 Å². The minimum absolute atomic E-state index is 0.587. The summed E-state index contributed by atoms with van der Waals surface area (Å²) in [5.74, 6) is 0. The van der Waals surface area contributed by atoms with Crippen LogP contribution in [0.5, 0.6) is 0 Å². The van der Waals surface area contributed by atoms with Crippen LogP contribution < -0.4 is 0 Å². The predicted molar refractivity (Wildman–Crippen MR) is 56.4 cm³/mol. The maximum Gasteiger partial charge on any atom is 0.225 e. The van der Waals surface area contributed by atoms with Crippen LogP contribution in [-0.2, 0) is 10.0 Å². The van der Waals surface area contributed by atoms with Gasteiger partial charge in [-0.15, -0.1) is 0 Å². The molecule has 0 radical (unpaired) electrons. The van der Waals surface area contributed by atoms with Crippen LogP contribution in [0, 0.1) is 0 Å². The molecule has 0 spiro atoms. The zero-order valence-corrected chi connectivity index (χ0v) is 9.68. The van der Waals surface area contributed by atoms with E-state index in [1.54, 1.807) is 6.92 Å². The van der Waals surface area contributed by atoms with Crippen molar-refractivity contribution in [2.45, 2.75) is 11.5 Å². The van der Waals surface area contributed by atoms with E-state index in [2.05, 4.69) is 17.5 Å². The zero-order valence-electron chi connectivity index (χ0n) is 7.97. The van der Waals surface area contributed by atoms with Crippen molar-refractivity contribution in [3.8, 4) is 0 Å². The van der Waals surface area contributed by atoms with Crippen LogP contribution in [0.3, 0.4) is 0 Å². The Morgan fingerprint density at radius 1 is 1.23 bits per heavy atom. The number of hydrogen-bond donors (Lipinski definition) is 1. The standard InChI is InChI=1S/C7H16N2O2S2/c1-7(12)13(10,11)9-5-3-8(2)4-6-9/h7,12H,3-6H2,1-2H3. The fourth-order valence-corrected chi connectivity index (χ4v) is 2.76. The third-order valence-corrected chi connectivity index (χ3v) is 5.00. The topological polar surface area (TPSA) is 40.6 Å². The number of nitrogens with zero attached hydrogens (tertiary/aromatic N) is 2. The smallest absolute Gasteiger partial charge is 0.225 e. The van der Waals surface area contributed by atoms with Gasteiger partial charge in [0.15, 0.2) is 0 Å². The van der Waals surface area contributed by atoms with Crippen molar-refractivity contribution < 1.29 is 8.42 Å². The molecule has 1 aliphatic rings. The maximum absolute atomic E-state index is 11.6. The normalized spacial score (nSPS) is 24.5. The molecule has 0 aromatic rings. The third kappa shape index (κ3) is 2.59. The van der Waals surface area contributed by atoms with E-state index in [1.807, 2.05) is 7.05 Å². The molecule has 1 rings (SSSR count). The van der Waals surface area contributed by atoms with Crippen molar-refractivity contribution in [2.24, 2.45) is 0 Å². The largest absolute Gasteiger partial charge is 0.304 e. The molecule has 78 valence electrons. The molecule has 0 N–H and O–H groups in total. The third-order valence-electron chi connectivity index (χ3n) is 2.25. The second-order valence-electron chi connectivity index (χ2n) is 3.35. The molecule has 1 unspecified atom stereocenters. The first-order valence-corrected chi connectivity index (χ1v) is 6.32. The number of thiol groups is 1. The lowest BCUT2D eigenvalue weighted by molar-refractivity contribution is 0.222. The fourth-order valence-electron chi connectivity index (χ4n) is 1.26. The quantitative estimate of drug-likeness (QED) is 0.663. The fraction of sp³-hybridized carbons (Fsp3) is 1.00. The van der Waals surface area contributed by atoms with E-state index < -0.39 is 14.6 Å². The summed E-state index contributed by atoms with van der Waals surface area (Å²) >= 11 is 3.97. The minimum atomic E-state index is -3.15. The van der Waals surface area contributed by atoms with E-state index in [-0.39, 0.29) is 0 Å². The molecule has 0 aromatic heterocycles. The van der Waals surface area contributed by atoms with Crippen LogP contribution in [0.2, 0.25) is 0 Å². The number of sulfonamides is 1. The van der Waals surface area contributed by atoms with Gasteiger partial charge in [-0.3, -0.25) is 0 Å². The molecule has 6 heteroatoms. The summed E-state index contributed by atoms with van der Waals surface area (Å²) in [7, 11) is -1.16. The van der Waals surface area contributed by atoms with Gasteiger partial charge >= 0.3 is 0 Å². The lowest BCUT2D eigenvalue weighted by atomic mass is 10.4. The molecule has 1 aliphatic heterocycles. The van der Waals surface area contributed by atoms with Crippen molar-refractivity contribution in [2.75, 3.05) is 33.2 Å². The second-order valence-corrected chi connectivity index (χ2v) is 6.72. The first kappa shape index (κ1) is 11.3. The first-order valence-electron chi connectivity index (χ1n) is 4.30. The molecule has 0 saturated carbocycles. The average Bonchev–Trinajstić information content (AvgIpc) is 2.04. The highest BCUT2D eigenvalue weighted by atomic mass is 32.3. The Hall–Kier alpha value is 0.220. The molecule has 1 heterocycles. The van der Waals surface area contributed by atoms with Gasteiger partial charge in [0, 0.05) is 26.2 Å². The average molecular weight is 224 g/mol. The van der Waals surface area contributed by atoms with Crippen molar-refractivity contribution >= 4 is 22.7 Å². The molecule has 0 aromatic carbocycles. The molecule has 13 heavy (non-hydrogen) atoms. The summed E-state index contributed by atoms with van der Waals surface area (Å²) in [5, 5.41) is 0. The molecule has 0 amide bonds.